The maximum atomic E-state index is 13.0. The Balaban J connectivity index is 2.68. The highest BCUT2D eigenvalue weighted by molar-refractivity contribution is 5.74. The molecule has 1 aromatic rings. The Morgan fingerprint density at radius 2 is 2.26 bits per heavy atom. The van der Waals surface area contributed by atoms with Crippen LogP contribution in [0.4, 0.5) is 4.39 Å². The summed E-state index contributed by atoms with van der Waals surface area (Å²) >= 11 is 0. The quantitative estimate of drug-likeness (QED) is 0.497. The van der Waals surface area contributed by atoms with Crippen LogP contribution in [0.2, 0.25) is 0 Å². The summed E-state index contributed by atoms with van der Waals surface area (Å²) in [6, 6.07) is 1.13. The zero-order valence-electron chi connectivity index (χ0n) is 10.3. The molecule has 0 aliphatic carbocycles. The van der Waals surface area contributed by atoms with Crippen LogP contribution in [0.1, 0.15) is 35.4 Å². The smallest absolute Gasteiger partial charge is 0.223 e. The van der Waals surface area contributed by atoms with Crippen molar-refractivity contribution in [2.75, 3.05) is 6.54 Å². The van der Waals surface area contributed by atoms with Gasteiger partial charge in [0.1, 0.15) is 6.10 Å². The summed E-state index contributed by atoms with van der Waals surface area (Å²) in [5, 5.41) is 22.0. The van der Waals surface area contributed by atoms with Gasteiger partial charge in [-0.25, -0.2) is 4.98 Å². The lowest BCUT2D eigenvalue weighted by Gasteiger charge is -2.18. The van der Waals surface area contributed by atoms with E-state index in [1.165, 1.54) is 6.92 Å². The number of carbonyl (C=O) groups is 2. The van der Waals surface area contributed by atoms with Crippen molar-refractivity contribution in [3.8, 4) is 0 Å². The number of nitrogens with one attached hydrogen (secondary N) is 1. The third kappa shape index (κ3) is 4.38. The number of hydrogen-bond acceptors (Lipinski definition) is 5. The molecule has 1 rings (SSSR count). The molecule has 0 saturated carbocycles. The molecule has 7 heteroatoms. The standard InChI is InChI=1S/C12H15FN2O4/c1-7(17)14-3-2-10(18)11(19)8-4-9(6-16)12(13)15-5-8/h4-6,10-11,18-19H,2-3H2,1H3,(H,14,17). The van der Waals surface area contributed by atoms with E-state index in [2.05, 4.69) is 10.3 Å². The Labute approximate surface area is 109 Å². The van der Waals surface area contributed by atoms with Gasteiger partial charge < -0.3 is 15.5 Å². The molecule has 0 saturated heterocycles. The zero-order valence-corrected chi connectivity index (χ0v) is 10.3. The van der Waals surface area contributed by atoms with E-state index in [0.29, 0.717) is 0 Å². The van der Waals surface area contributed by atoms with Crippen LogP contribution >= 0.6 is 0 Å². The average molecular weight is 270 g/mol. The second-order valence-electron chi connectivity index (χ2n) is 4.05. The number of amides is 1. The first-order chi connectivity index (χ1) is 8.95. The summed E-state index contributed by atoms with van der Waals surface area (Å²) in [5.41, 5.74) is -0.149. The highest BCUT2D eigenvalue weighted by Gasteiger charge is 2.20. The fourth-order valence-corrected chi connectivity index (χ4v) is 1.50. The first-order valence-electron chi connectivity index (χ1n) is 5.67. The maximum Gasteiger partial charge on any atom is 0.223 e. The van der Waals surface area contributed by atoms with E-state index in [-0.39, 0.29) is 36.3 Å². The summed E-state index contributed by atoms with van der Waals surface area (Å²) in [7, 11) is 0. The molecule has 2 atom stereocenters. The number of aliphatic hydroxyl groups excluding tert-OH is 2. The van der Waals surface area contributed by atoms with Gasteiger partial charge in [-0.05, 0) is 12.5 Å². The van der Waals surface area contributed by atoms with Crippen molar-refractivity contribution in [3.05, 3.63) is 29.3 Å². The van der Waals surface area contributed by atoms with E-state index in [9.17, 15) is 24.2 Å². The van der Waals surface area contributed by atoms with Crippen LogP contribution in [0.5, 0.6) is 0 Å². The molecule has 1 heterocycles. The Morgan fingerprint density at radius 3 is 2.84 bits per heavy atom. The van der Waals surface area contributed by atoms with Gasteiger partial charge in [0, 0.05) is 25.2 Å². The number of aliphatic hydroxyl groups is 2. The van der Waals surface area contributed by atoms with Crippen molar-refractivity contribution >= 4 is 12.2 Å². The predicted molar refractivity (Wildman–Crippen MR) is 63.8 cm³/mol. The van der Waals surface area contributed by atoms with Gasteiger partial charge in [0.05, 0.1) is 11.7 Å². The molecule has 3 N–H and O–H groups in total. The zero-order chi connectivity index (χ0) is 14.4. The van der Waals surface area contributed by atoms with Crippen molar-refractivity contribution in [2.24, 2.45) is 0 Å². The molecule has 2 unspecified atom stereocenters. The van der Waals surface area contributed by atoms with Gasteiger partial charge in [-0.15, -0.1) is 0 Å². The van der Waals surface area contributed by atoms with E-state index in [1.54, 1.807) is 0 Å². The molecule has 19 heavy (non-hydrogen) atoms. The molecule has 104 valence electrons. The summed E-state index contributed by atoms with van der Waals surface area (Å²) in [6.45, 7) is 1.53. The molecule has 0 aromatic carbocycles. The SMILES string of the molecule is CC(=O)NCCC(O)C(O)c1cnc(F)c(C=O)c1. The fourth-order valence-electron chi connectivity index (χ4n) is 1.50. The van der Waals surface area contributed by atoms with Crippen LogP contribution in [0.3, 0.4) is 0 Å². The highest BCUT2D eigenvalue weighted by atomic mass is 19.1. The van der Waals surface area contributed by atoms with Crippen molar-refractivity contribution in [1.29, 1.82) is 0 Å². The molecule has 1 amide bonds. The number of aromatic nitrogens is 1. The largest absolute Gasteiger partial charge is 0.390 e. The highest BCUT2D eigenvalue weighted by Crippen LogP contribution is 2.19. The number of aldehydes is 1. The van der Waals surface area contributed by atoms with Crippen molar-refractivity contribution in [2.45, 2.75) is 25.6 Å². The van der Waals surface area contributed by atoms with Gasteiger partial charge in [0.2, 0.25) is 11.9 Å². The normalized spacial score (nSPS) is 13.7. The Morgan fingerprint density at radius 1 is 1.58 bits per heavy atom. The minimum absolute atomic E-state index is 0.120. The van der Waals surface area contributed by atoms with E-state index in [4.69, 9.17) is 0 Å². The molecule has 0 aliphatic heterocycles. The molecule has 0 fully saturated rings. The molecule has 0 radical (unpaired) electrons. The van der Waals surface area contributed by atoms with Gasteiger partial charge in [-0.3, -0.25) is 9.59 Å². The second kappa shape index (κ2) is 6.91. The number of hydrogen-bond donors (Lipinski definition) is 3. The van der Waals surface area contributed by atoms with Gasteiger partial charge in [-0.2, -0.15) is 4.39 Å². The molecular weight excluding hydrogens is 255 g/mol. The van der Waals surface area contributed by atoms with Crippen LogP contribution in [0.25, 0.3) is 0 Å². The van der Waals surface area contributed by atoms with Crippen LogP contribution in [0, 0.1) is 5.95 Å². The lowest BCUT2D eigenvalue weighted by atomic mass is 10.0. The van der Waals surface area contributed by atoms with Gasteiger partial charge >= 0.3 is 0 Å². The third-order valence-corrected chi connectivity index (χ3v) is 2.53. The van der Waals surface area contributed by atoms with E-state index in [0.717, 1.165) is 12.3 Å². The predicted octanol–water partition coefficient (Wildman–Crippen LogP) is -0.0463. The molecule has 6 nitrogen and oxygen atoms in total. The minimum Gasteiger partial charge on any atom is -0.390 e. The average Bonchev–Trinajstić information content (AvgIpc) is 2.38. The van der Waals surface area contributed by atoms with Crippen LogP contribution < -0.4 is 5.32 Å². The lowest BCUT2D eigenvalue weighted by Crippen LogP contribution is -2.27. The lowest BCUT2D eigenvalue weighted by molar-refractivity contribution is -0.119. The minimum atomic E-state index is -1.31. The van der Waals surface area contributed by atoms with Gasteiger partial charge in [0.25, 0.3) is 0 Å². The third-order valence-electron chi connectivity index (χ3n) is 2.53. The van der Waals surface area contributed by atoms with Crippen molar-refractivity contribution in [3.63, 3.8) is 0 Å². The number of carbonyl (C=O) groups excluding carboxylic acids is 2. The van der Waals surface area contributed by atoms with Crippen molar-refractivity contribution < 1.29 is 24.2 Å². The first kappa shape index (κ1) is 15.2. The van der Waals surface area contributed by atoms with Crippen LogP contribution in [-0.2, 0) is 4.79 Å². The molecule has 0 aliphatic rings. The number of halogens is 1. The molecule has 1 aromatic heterocycles. The monoisotopic (exact) mass is 270 g/mol. The maximum absolute atomic E-state index is 13.0. The van der Waals surface area contributed by atoms with E-state index in [1.807, 2.05) is 0 Å². The summed E-state index contributed by atoms with van der Waals surface area (Å²) in [5.74, 6) is -1.17. The van der Waals surface area contributed by atoms with Gasteiger partial charge in [0.15, 0.2) is 6.29 Å². The Kier molecular flexibility index (Phi) is 5.53. The molecular formula is C12H15FN2O4. The number of rotatable bonds is 6. The number of pyridine rings is 1. The second-order valence-corrected chi connectivity index (χ2v) is 4.05. The Bertz CT molecular complexity index is 467. The van der Waals surface area contributed by atoms with E-state index < -0.39 is 18.2 Å². The molecule has 0 bridgehead atoms. The van der Waals surface area contributed by atoms with Crippen molar-refractivity contribution in [1.82, 2.24) is 10.3 Å². The van der Waals surface area contributed by atoms with Crippen LogP contribution in [-0.4, -0.2) is 40.0 Å². The number of nitrogens with zero attached hydrogens (tertiary/aromatic N) is 1. The van der Waals surface area contributed by atoms with E-state index >= 15 is 0 Å². The van der Waals surface area contributed by atoms with Crippen LogP contribution in [0.15, 0.2) is 12.3 Å². The fraction of sp³-hybridized carbons (Fsp3) is 0.417. The summed E-state index contributed by atoms with van der Waals surface area (Å²) < 4.78 is 13.0. The first-order valence-corrected chi connectivity index (χ1v) is 5.67. The Hall–Kier alpha value is -1.86. The molecule has 0 spiro atoms. The topological polar surface area (TPSA) is 99.5 Å². The summed E-state index contributed by atoms with van der Waals surface area (Å²) in [6.07, 6.45) is -1.01. The summed E-state index contributed by atoms with van der Waals surface area (Å²) in [4.78, 5) is 24.5. The van der Waals surface area contributed by atoms with Gasteiger partial charge in [-0.1, -0.05) is 0 Å².